The van der Waals surface area contributed by atoms with Gasteiger partial charge in [-0.25, -0.2) is 4.98 Å². The van der Waals surface area contributed by atoms with Crippen molar-refractivity contribution in [2.75, 3.05) is 11.9 Å². The van der Waals surface area contributed by atoms with Crippen LogP contribution < -0.4 is 11.1 Å². The van der Waals surface area contributed by atoms with Crippen LogP contribution in [0.25, 0.3) is 0 Å². The highest BCUT2D eigenvalue weighted by atomic mass is 32.1. The minimum atomic E-state index is 0.377. The van der Waals surface area contributed by atoms with Gasteiger partial charge in [0.25, 0.3) is 0 Å². The topological polar surface area (TPSA) is 63.8 Å². The van der Waals surface area contributed by atoms with Crippen LogP contribution in [0, 0.1) is 20.8 Å². The van der Waals surface area contributed by atoms with Gasteiger partial charge in [0.05, 0.1) is 16.3 Å². The molecule has 0 aliphatic rings. The standard InChI is InChI=1S/C14H18N4S2/c1-8-6-12(13(14(15)19)9(2)17-8)16-5-4-11-7-20-10(3)18-11/h6-7H,4-5H2,1-3H3,(H2,15,19)(H,16,17). The number of rotatable bonds is 5. The van der Waals surface area contributed by atoms with Gasteiger partial charge in [-0.2, -0.15) is 0 Å². The summed E-state index contributed by atoms with van der Waals surface area (Å²) in [6.07, 6.45) is 0.877. The van der Waals surface area contributed by atoms with E-state index in [0.29, 0.717) is 4.99 Å². The first-order valence-electron chi connectivity index (χ1n) is 6.40. The fraction of sp³-hybridized carbons (Fsp3) is 0.357. The molecule has 0 spiro atoms. The van der Waals surface area contributed by atoms with Gasteiger partial charge in [-0.05, 0) is 26.8 Å². The number of anilines is 1. The van der Waals surface area contributed by atoms with E-state index >= 15 is 0 Å². The predicted octanol–water partition coefficient (Wildman–Crippen LogP) is 2.75. The van der Waals surface area contributed by atoms with Gasteiger partial charge < -0.3 is 11.1 Å². The van der Waals surface area contributed by atoms with Crippen LogP contribution in [0.2, 0.25) is 0 Å². The van der Waals surface area contributed by atoms with E-state index in [1.807, 2.05) is 26.8 Å². The number of thiazole rings is 1. The minimum absolute atomic E-state index is 0.377. The molecule has 2 rings (SSSR count). The van der Waals surface area contributed by atoms with Gasteiger partial charge in [-0.3, -0.25) is 4.98 Å². The lowest BCUT2D eigenvalue weighted by molar-refractivity contribution is 0.964. The maximum atomic E-state index is 5.79. The molecule has 20 heavy (non-hydrogen) atoms. The molecule has 0 saturated heterocycles. The number of nitrogens with two attached hydrogens (primary N) is 1. The molecule has 0 aliphatic carbocycles. The molecule has 106 valence electrons. The molecule has 0 radical (unpaired) electrons. The molecule has 0 aliphatic heterocycles. The maximum absolute atomic E-state index is 5.79. The van der Waals surface area contributed by atoms with E-state index in [0.717, 1.165) is 46.3 Å². The number of nitrogens with zero attached hydrogens (tertiary/aromatic N) is 2. The van der Waals surface area contributed by atoms with Gasteiger partial charge in [0, 0.05) is 35.4 Å². The van der Waals surface area contributed by atoms with Crippen LogP contribution in [0.5, 0.6) is 0 Å². The Kier molecular flexibility index (Phi) is 4.67. The zero-order valence-corrected chi connectivity index (χ0v) is 13.5. The Morgan fingerprint density at radius 1 is 1.35 bits per heavy atom. The lowest BCUT2D eigenvalue weighted by atomic mass is 10.1. The third-order valence-electron chi connectivity index (χ3n) is 2.94. The lowest BCUT2D eigenvalue weighted by Crippen LogP contribution is -2.17. The van der Waals surface area contributed by atoms with Gasteiger partial charge in [0.2, 0.25) is 0 Å². The third kappa shape index (κ3) is 3.52. The molecular formula is C14H18N4S2. The summed E-state index contributed by atoms with van der Waals surface area (Å²) >= 11 is 6.79. The van der Waals surface area contributed by atoms with Crippen molar-refractivity contribution in [3.8, 4) is 0 Å². The summed E-state index contributed by atoms with van der Waals surface area (Å²) in [5.74, 6) is 0. The molecule has 0 unspecified atom stereocenters. The smallest absolute Gasteiger partial charge is 0.107 e. The largest absolute Gasteiger partial charge is 0.389 e. The molecule has 2 heterocycles. The number of hydrogen-bond donors (Lipinski definition) is 2. The first-order chi connectivity index (χ1) is 9.47. The summed E-state index contributed by atoms with van der Waals surface area (Å²) in [6.45, 7) is 6.70. The highest BCUT2D eigenvalue weighted by Crippen LogP contribution is 2.20. The van der Waals surface area contributed by atoms with E-state index in [2.05, 4.69) is 20.7 Å². The molecule has 0 atom stereocenters. The van der Waals surface area contributed by atoms with E-state index in [-0.39, 0.29) is 0 Å². The third-order valence-corrected chi connectivity index (χ3v) is 3.96. The summed E-state index contributed by atoms with van der Waals surface area (Å²) in [5, 5.41) is 6.58. The fourth-order valence-corrected chi connectivity index (χ4v) is 3.03. The summed E-state index contributed by atoms with van der Waals surface area (Å²) in [7, 11) is 0. The average Bonchev–Trinajstić information content (AvgIpc) is 2.73. The summed E-state index contributed by atoms with van der Waals surface area (Å²) < 4.78 is 0. The van der Waals surface area contributed by atoms with Gasteiger partial charge in [-0.15, -0.1) is 11.3 Å². The van der Waals surface area contributed by atoms with Crippen molar-refractivity contribution < 1.29 is 0 Å². The summed E-state index contributed by atoms with van der Waals surface area (Å²) in [5.41, 5.74) is 10.5. The van der Waals surface area contributed by atoms with Gasteiger partial charge in [0.15, 0.2) is 0 Å². The van der Waals surface area contributed by atoms with E-state index in [4.69, 9.17) is 18.0 Å². The molecular weight excluding hydrogens is 288 g/mol. The molecule has 0 fully saturated rings. The highest BCUT2D eigenvalue weighted by molar-refractivity contribution is 7.80. The zero-order valence-electron chi connectivity index (χ0n) is 11.9. The van der Waals surface area contributed by atoms with E-state index in [9.17, 15) is 0 Å². The first kappa shape index (κ1) is 14.9. The van der Waals surface area contributed by atoms with E-state index < -0.39 is 0 Å². The van der Waals surface area contributed by atoms with Crippen LogP contribution >= 0.6 is 23.6 Å². The Labute approximate surface area is 128 Å². The molecule has 0 aromatic carbocycles. The van der Waals surface area contributed by atoms with Crippen molar-refractivity contribution >= 4 is 34.2 Å². The molecule has 3 N–H and O–H groups in total. The van der Waals surface area contributed by atoms with Crippen molar-refractivity contribution in [2.45, 2.75) is 27.2 Å². The maximum Gasteiger partial charge on any atom is 0.107 e. The molecule has 2 aromatic rings. The first-order valence-corrected chi connectivity index (χ1v) is 7.69. The number of hydrogen-bond acceptors (Lipinski definition) is 5. The SMILES string of the molecule is Cc1cc(NCCc2csc(C)n2)c(C(N)=S)c(C)n1. The Hall–Kier alpha value is -1.53. The molecule has 2 aromatic heterocycles. The van der Waals surface area contributed by atoms with Crippen molar-refractivity contribution in [3.63, 3.8) is 0 Å². The number of aromatic nitrogens is 2. The highest BCUT2D eigenvalue weighted by Gasteiger charge is 2.11. The van der Waals surface area contributed by atoms with Gasteiger partial charge in [0.1, 0.15) is 4.99 Å². The number of thiocarbonyl (C=S) groups is 1. The summed E-state index contributed by atoms with van der Waals surface area (Å²) in [6, 6.07) is 1.98. The predicted molar refractivity (Wildman–Crippen MR) is 88.6 cm³/mol. The Balaban J connectivity index is 2.10. The van der Waals surface area contributed by atoms with Crippen LogP contribution in [0.4, 0.5) is 5.69 Å². The van der Waals surface area contributed by atoms with Crippen LogP contribution in [0.1, 0.15) is 27.7 Å². The fourth-order valence-electron chi connectivity index (χ4n) is 2.13. The number of pyridine rings is 1. The van der Waals surface area contributed by atoms with Crippen molar-refractivity contribution in [2.24, 2.45) is 5.73 Å². The quantitative estimate of drug-likeness (QED) is 0.832. The second kappa shape index (κ2) is 6.28. The Morgan fingerprint density at radius 2 is 2.10 bits per heavy atom. The second-order valence-electron chi connectivity index (χ2n) is 4.67. The summed E-state index contributed by atoms with van der Waals surface area (Å²) in [4.78, 5) is 9.23. The van der Waals surface area contributed by atoms with Crippen LogP contribution in [-0.2, 0) is 6.42 Å². The second-order valence-corrected chi connectivity index (χ2v) is 6.17. The monoisotopic (exact) mass is 306 g/mol. The average molecular weight is 306 g/mol. The molecule has 0 amide bonds. The molecule has 0 bridgehead atoms. The van der Waals surface area contributed by atoms with Crippen LogP contribution in [0.15, 0.2) is 11.4 Å². The lowest BCUT2D eigenvalue weighted by Gasteiger charge is -2.13. The normalized spacial score (nSPS) is 10.6. The Bertz CT molecular complexity index is 634. The molecule has 4 nitrogen and oxygen atoms in total. The molecule has 6 heteroatoms. The van der Waals surface area contributed by atoms with E-state index in [1.165, 1.54) is 0 Å². The molecule has 0 saturated carbocycles. The number of nitrogens with one attached hydrogen (secondary N) is 1. The Morgan fingerprint density at radius 3 is 2.70 bits per heavy atom. The van der Waals surface area contributed by atoms with E-state index in [1.54, 1.807) is 11.3 Å². The van der Waals surface area contributed by atoms with Crippen molar-refractivity contribution in [1.29, 1.82) is 0 Å². The zero-order chi connectivity index (χ0) is 14.7. The van der Waals surface area contributed by atoms with Crippen molar-refractivity contribution in [1.82, 2.24) is 9.97 Å². The van der Waals surface area contributed by atoms with Gasteiger partial charge >= 0.3 is 0 Å². The van der Waals surface area contributed by atoms with Gasteiger partial charge in [-0.1, -0.05) is 12.2 Å². The van der Waals surface area contributed by atoms with Crippen LogP contribution in [-0.4, -0.2) is 21.5 Å². The van der Waals surface area contributed by atoms with Crippen LogP contribution in [0.3, 0.4) is 0 Å². The minimum Gasteiger partial charge on any atom is -0.389 e. The number of aryl methyl sites for hydroxylation is 3. The van der Waals surface area contributed by atoms with Crippen molar-refractivity contribution in [3.05, 3.63) is 39.1 Å².